The molecule has 0 aromatic heterocycles. The third kappa shape index (κ3) is 2.95. The van der Waals surface area contributed by atoms with E-state index in [1.54, 1.807) is 0 Å². The average Bonchev–Trinajstić information content (AvgIpc) is 2.36. The van der Waals surface area contributed by atoms with E-state index in [1.807, 2.05) is 0 Å². The molecule has 2 rings (SSSR count). The maximum atomic E-state index is 6.88. The fourth-order valence-corrected chi connectivity index (χ4v) is 5.51. The highest BCUT2D eigenvalue weighted by atomic mass is 35.5. The van der Waals surface area contributed by atoms with Gasteiger partial charge in [0.25, 0.3) is 0 Å². The van der Waals surface area contributed by atoms with Crippen molar-refractivity contribution in [3.05, 3.63) is 51.5 Å². The molecule has 0 heterocycles. The van der Waals surface area contributed by atoms with E-state index >= 15 is 0 Å². The molecule has 112 valence electrons. The molecule has 2 heteroatoms. The summed E-state index contributed by atoms with van der Waals surface area (Å²) in [5.41, 5.74) is 7.79. The molecule has 0 aliphatic heterocycles. The summed E-state index contributed by atoms with van der Waals surface area (Å²) in [6.45, 7) is 15.8. The van der Waals surface area contributed by atoms with Crippen LogP contribution in [0.3, 0.4) is 0 Å². The van der Waals surface area contributed by atoms with Crippen molar-refractivity contribution in [1.82, 2.24) is 0 Å². The molecule has 0 radical (unpaired) electrons. The summed E-state index contributed by atoms with van der Waals surface area (Å²) < 4.78 is 0. The normalized spacial score (nSPS) is 11.8. The van der Waals surface area contributed by atoms with Gasteiger partial charge in [0, 0.05) is 10.6 Å². The predicted octanol–water partition coefficient (Wildman–Crippen LogP) is 5.79. The molecule has 0 spiro atoms. The molecular formula is C19H25ClSi. The van der Waals surface area contributed by atoms with Crippen molar-refractivity contribution in [2.75, 3.05) is 0 Å². The Kier molecular flexibility index (Phi) is 4.37. The van der Waals surface area contributed by atoms with Crippen LogP contribution in [0, 0.1) is 27.7 Å². The van der Waals surface area contributed by atoms with Gasteiger partial charge in [-0.05, 0) is 60.7 Å². The molecule has 0 fully saturated rings. The van der Waals surface area contributed by atoms with Crippen LogP contribution < -0.4 is 5.19 Å². The SMILES string of the molecule is Cc1cc([Si](C)(C)C)c(Cl)c(-c2c(C)cccc2C)c1C. The fourth-order valence-electron chi connectivity index (χ4n) is 2.94. The van der Waals surface area contributed by atoms with E-state index in [2.05, 4.69) is 71.6 Å². The van der Waals surface area contributed by atoms with Crippen LogP contribution in [0.15, 0.2) is 24.3 Å². The summed E-state index contributed by atoms with van der Waals surface area (Å²) in [6.07, 6.45) is 0. The van der Waals surface area contributed by atoms with Crippen LogP contribution in [-0.4, -0.2) is 8.07 Å². The van der Waals surface area contributed by atoms with Gasteiger partial charge in [0.2, 0.25) is 0 Å². The molecule has 0 unspecified atom stereocenters. The molecule has 21 heavy (non-hydrogen) atoms. The highest BCUT2D eigenvalue weighted by molar-refractivity contribution is 6.90. The van der Waals surface area contributed by atoms with Gasteiger partial charge in [0.15, 0.2) is 0 Å². The summed E-state index contributed by atoms with van der Waals surface area (Å²) in [5, 5.41) is 2.33. The second-order valence-corrected chi connectivity index (χ2v) is 12.5. The summed E-state index contributed by atoms with van der Waals surface area (Å²) >= 11 is 6.88. The van der Waals surface area contributed by atoms with Crippen LogP contribution in [-0.2, 0) is 0 Å². The van der Waals surface area contributed by atoms with E-state index in [-0.39, 0.29) is 0 Å². The van der Waals surface area contributed by atoms with Gasteiger partial charge in [-0.15, -0.1) is 0 Å². The maximum absolute atomic E-state index is 6.88. The Bertz CT molecular complexity index is 673. The lowest BCUT2D eigenvalue weighted by Crippen LogP contribution is -2.39. The predicted molar refractivity (Wildman–Crippen MR) is 98.8 cm³/mol. The van der Waals surface area contributed by atoms with Gasteiger partial charge in [-0.1, -0.05) is 55.5 Å². The monoisotopic (exact) mass is 316 g/mol. The number of aryl methyl sites for hydroxylation is 3. The Morgan fingerprint density at radius 3 is 1.81 bits per heavy atom. The lowest BCUT2D eigenvalue weighted by molar-refractivity contribution is 1.31. The van der Waals surface area contributed by atoms with Gasteiger partial charge in [-0.2, -0.15) is 0 Å². The third-order valence-electron chi connectivity index (χ3n) is 4.32. The van der Waals surface area contributed by atoms with Gasteiger partial charge in [-0.3, -0.25) is 0 Å². The second kappa shape index (κ2) is 5.62. The first-order chi connectivity index (χ1) is 9.64. The zero-order valence-electron chi connectivity index (χ0n) is 14.2. The van der Waals surface area contributed by atoms with Crippen molar-refractivity contribution >= 4 is 24.9 Å². The van der Waals surface area contributed by atoms with Crippen LogP contribution in [0.2, 0.25) is 24.7 Å². The Hall–Kier alpha value is -1.05. The van der Waals surface area contributed by atoms with Crippen molar-refractivity contribution < 1.29 is 0 Å². The minimum absolute atomic E-state index is 0.967. The molecule has 0 atom stereocenters. The number of rotatable bonds is 2. The molecule has 2 aromatic rings. The number of halogens is 1. The van der Waals surface area contributed by atoms with Crippen molar-refractivity contribution in [3.63, 3.8) is 0 Å². The highest BCUT2D eigenvalue weighted by Crippen LogP contribution is 2.37. The first-order valence-corrected chi connectivity index (χ1v) is 11.4. The summed E-state index contributed by atoms with van der Waals surface area (Å²) in [6, 6.07) is 8.77. The molecule has 0 nitrogen and oxygen atoms in total. The van der Waals surface area contributed by atoms with Crippen molar-refractivity contribution in [1.29, 1.82) is 0 Å². The lowest BCUT2D eigenvalue weighted by atomic mass is 9.91. The van der Waals surface area contributed by atoms with Crippen molar-refractivity contribution in [2.24, 2.45) is 0 Å². The van der Waals surface area contributed by atoms with Crippen LogP contribution in [0.4, 0.5) is 0 Å². The van der Waals surface area contributed by atoms with E-state index in [0.717, 1.165) is 5.02 Å². The topological polar surface area (TPSA) is 0 Å². The zero-order valence-corrected chi connectivity index (χ0v) is 15.9. The molecule has 0 aliphatic carbocycles. The Morgan fingerprint density at radius 1 is 0.810 bits per heavy atom. The number of hydrogen-bond acceptors (Lipinski definition) is 0. The molecular weight excluding hydrogens is 292 g/mol. The highest BCUT2D eigenvalue weighted by Gasteiger charge is 2.25. The molecule has 0 N–H and O–H groups in total. The molecule has 0 saturated carbocycles. The molecule has 0 saturated heterocycles. The van der Waals surface area contributed by atoms with Crippen molar-refractivity contribution in [3.8, 4) is 11.1 Å². The largest absolute Gasteiger partial charge is 0.0838 e. The first-order valence-electron chi connectivity index (χ1n) is 7.51. The van der Waals surface area contributed by atoms with Gasteiger partial charge in [0.1, 0.15) is 0 Å². The quantitative estimate of drug-likeness (QED) is 0.615. The van der Waals surface area contributed by atoms with Crippen LogP contribution >= 0.6 is 11.6 Å². The van der Waals surface area contributed by atoms with E-state index in [0.29, 0.717) is 0 Å². The second-order valence-electron chi connectivity index (χ2n) is 7.07. The lowest BCUT2D eigenvalue weighted by Gasteiger charge is -2.25. The van der Waals surface area contributed by atoms with Crippen molar-refractivity contribution in [2.45, 2.75) is 47.3 Å². The van der Waals surface area contributed by atoms with Gasteiger partial charge in [-0.25, -0.2) is 0 Å². The third-order valence-corrected chi connectivity index (χ3v) is 6.88. The average molecular weight is 317 g/mol. The molecule has 0 bridgehead atoms. The Labute approximate surface area is 135 Å². The van der Waals surface area contributed by atoms with E-state index in [9.17, 15) is 0 Å². The van der Waals surface area contributed by atoms with Crippen LogP contribution in [0.1, 0.15) is 22.3 Å². The zero-order chi connectivity index (χ0) is 15.9. The van der Waals surface area contributed by atoms with Gasteiger partial charge in [0.05, 0.1) is 8.07 Å². The first kappa shape index (κ1) is 16.3. The minimum atomic E-state index is -1.46. The smallest absolute Gasteiger partial charge is 0.0795 e. The summed E-state index contributed by atoms with van der Waals surface area (Å²) in [4.78, 5) is 0. The summed E-state index contributed by atoms with van der Waals surface area (Å²) in [7, 11) is -1.46. The van der Waals surface area contributed by atoms with Crippen LogP contribution in [0.25, 0.3) is 11.1 Å². The van der Waals surface area contributed by atoms with E-state index < -0.39 is 8.07 Å². The number of benzene rings is 2. The van der Waals surface area contributed by atoms with Crippen LogP contribution in [0.5, 0.6) is 0 Å². The number of hydrogen-bond donors (Lipinski definition) is 0. The van der Waals surface area contributed by atoms with Gasteiger partial charge >= 0.3 is 0 Å². The Morgan fingerprint density at radius 2 is 1.33 bits per heavy atom. The van der Waals surface area contributed by atoms with E-state index in [1.165, 1.54) is 38.6 Å². The minimum Gasteiger partial charge on any atom is -0.0838 e. The van der Waals surface area contributed by atoms with E-state index in [4.69, 9.17) is 11.6 Å². The Balaban J connectivity index is 2.90. The molecule has 0 aliphatic rings. The van der Waals surface area contributed by atoms with Gasteiger partial charge < -0.3 is 0 Å². The molecule has 0 amide bonds. The summed E-state index contributed by atoms with van der Waals surface area (Å²) in [5.74, 6) is 0. The molecule has 2 aromatic carbocycles. The standard InChI is InChI=1S/C19H25ClSi/c1-12-9-8-10-13(2)17(12)18-15(4)14(3)11-16(19(18)20)21(5,6)7/h8-11H,1-7H3. The fraction of sp³-hybridized carbons (Fsp3) is 0.368. The maximum Gasteiger partial charge on any atom is 0.0795 e.